The van der Waals surface area contributed by atoms with Gasteiger partial charge in [0.25, 0.3) is 0 Å². The van der Waals surface area contributed by atoms with Crippen molar-refractivity contribution in [2.75, 3.05) is 14.1 Å². The van der Waals surface area contributed by atoms with Gasteiger partial charge in [0.2, 0.25) is 5.91 Å². The monoisotopic (exact) mass is 374 g/mol. The zero-order chi connectivity index (χ0) is 18.4. The highest BCUT2D eigenvalue weighted by molar-refractivity contribution is 5.92. The van der Waals surface area contributed by atoms with Crippen LogP contribution in [0, 0.1) is 0 Å². The van der Waals surface area contributed by atoms with Crippen molar-refractivity contribution >= 4 is 5.91 Å². The number of likely N-dealkylation sites (N-methyl/N-ethyl adjacent to an activating group) is 1. The summed E-state index contributed by atoms with van der Waals surface area (Å²) in [4.78, 5) is 13.4. The minimum Gasteiger partial charge on any atom is -1.00 e. The molecule has 0 rings (SSSR count). The fourth-order valence-corrected chi connectivity index (χ4v) is 3.35. The van der Waals surface area contributed by atoms with Gasteiger partial charge >= 0.3 is 0 Å². The van der Waals surface area contributed by atoms with Crippen LogP contribution in [0.2, 0.25) is 0 Å². The summed E-state index contributed by atoms with van der Waals surface area (Å²) in [6.45, 7) is 9.96. The Bertz CT molecular complexity index is 345. The van der Waals surface area contributed by atoms with E-state index in [9.17, 15) is 4.79 Å². The number of amides is 1. The maximum Gasteiger partial charge on any atom is 0.246 e. The Morgan fingerprint density at radius 3 is 1.84 bits per heavy atom. The molecule has 0 radical (unpaired) electrons. The highest BCUT2D eigenvalue weighted by atomic mass is 35.5. The predicted octanol–water partition coefficient (Wildman–Crippen LogP) is 0.895. The molecule has 0 aliphatic carbocycles. The van der Waals surface area contributed by atoms with Crippen molar-refractivity contribution in [2.24, 2.45) is 0 Å². The maximum atomic E-state index is 11.9. The van der Waals surface area contributed by atoms with Crippen molar-refractivity contribution in [3.05, 3.63) is 12.2 Å². The number of halogens is 1. The van der Waals surface area contributed by atoms with Crippen molar-refractivity contribution in [1.82, 2.24) is 5.32 Å². The van der Waals surface area contributed by atoms with Crippen LogP contribution in [-0.2, 0) is 4.79 Å². The molecule has 0 heterocycles. The predicted molar refractivity (Wildman–Crippen MR) is 105 cm³/mol. The van der Waals surface area contributed by atoms with Crippen LogP contribution in [0.1, 0.15) is 91.4 Å². The van der Waals surface area contributed by atoms with Crippen molar-refractivity contribution < 1.29 is 22.1 Å². The van der Waals surface area contributed by atoms with Crippen molar-refractivity contribution in [1.29, 1.82) is 0 Å². The average molecular weight is 375 g/mol. The fraction of sp³-hybridized carbons (Fsp3) is 0.857. The van der Waals surface area contributed by atoms with Gasteiger partial charge in [-0.15, -0.1) is 0 Å². The summed E-state index contributed by atoms with van der Waals surface area (Å²) in [6.07, 6.45) is 14.4. The lowest BCUT2D eigenvalue weighted by atomic mass is 9.97. The third kappa shape index (κ3) is 13.3. The van der Waals surface area contributed by atoms with Crippen LogP contribution in [-0.4, -0.2) is 32.1 Å². The minimum absolute atomic E-state index is 0. The molecule has 0 aliphatic rings. The second-order valence-corrected chi connectivity index (χ2v) is 7.57. The minimum atomic E-state index is 0. The van der Waals surface area contributed by atoms with Gasteiger partial charge in [-0.05, 0) is 19.8 Å². The molecule has 3 nitrogen and oxygen atoms in total. The van der Waals surface area contributed by atoms with Crippen LogP contribution in [0.5, 0.6) is 0 Å². The van der Waals surface area contributed by atoms with Crippen molar-refractivity contribution in [2.45, 2.75) is 103 Å². The van der Waals surface area contributed by atoms with E-state index in [2.05, 4.69) is 39.8 Å². The van der Waals surface area contributed by atoms with Crippen LogP contribution in [0.15, 0.2) is 12.2 Å². The molecular weight excluding hydrogens is 332 g/mol. The van der Waals surface area contributed by atoms with E-state index >= 15 is 0 Å². The Hall–Kier alpha value is -0.540. The molecule has 0 saturated heterocycles. The van der Waals surface area contributed by atoms with E-state index in [1.54, 1.807) is 6.92 Å². The summed E-state index contributed by atoms with van der Waals surface area (Å²) in [5.41, 5.74) is 0.601. The molecule has 0 bridgehead atoms. The van der Waals surface area contributed by atoms with Gasteiger partial charge in [-0.2, -0.15) is 0 Å². The molecule has 4 heteroatoms. The highest BCUT2D eigenvalue weighted by Crippen LogP contribution is 2.12. The summed E-state index contributed by atoms with van der Waals surface area (Å²) >= 11 is 0. The summed E-state index contributed by atoms with van der Waals surface area (Å²) in [5.74, 6) is 0.000166. The summed E-state index contributed by atoms with van der Waals surface area (Å²) in [5, 5.41) is 3.17. The Balaban J connectivity index is 0. The smallest absolute Gasteiger partial charge is 0.246 e. The lowest BCUT2D eigenvalue weighted by Gasteiger charge is -2.30. The molecule has 0 aromatic carbocycles. The Kier molecular flexibility index (Phi) is 18.0. The molecule has 2 atom stereocenters. The van der Waals surface area contributed by atoms with Crippen LogP contribution in [0.25, 0.3) is 0 Å². The topological polar surface area (TPSA) is 33.5 Å². The largest absolute Gasteiger partial charge is 1.00 e. The normalized spacial score (nSPS) is 13.2. The molecule has 0 aromatic heterocycles. The number of hydrogen-bond donors (Lipinski definition) is 2. The van der Waals surface area contributed by atoms with E-state index in [4.69, 9.17) is 0 Å². The van der Waals surface area contributed by atoms with Crippen LogP contribution < -0.4 is 22.6 Å². The Morgan fingerprint density at radius 1 is 0.960 bits per heavy atom. The van der Waals surface area contributed by atoms with Gasteiger partial charge in [-0.3, -0.25) is 4.79 Å². The first-order chi connectivity index (χ1) is 11.4. The molecule has 150 valence electrons. The molecule has 0 spiro atoms. The SMILES string of the molecule is C=C(C)C(=O)NC(CC)C(CCCCCCCCCCC)[NH+](C)C.[Cl-]. The first-order valence-corrected chi connectivity index (χ1v) is 10.2. The second-order valence-electron chi connectivity index (χ2n) is 7.57. The van der Waals surface area contributed by atoms with Crippen molar-refractivity contribution in [3.8, 4) is 0 Å². The van der Waals surface area contributed by atoms with E-state index in [-0.39, 0.29) is 24.4 Å². The average Bonchev–Trinajstić information content (AvgIpc) is 2.54. The van der Waals surface area contributed by atoms with Crippen LogP contribution >= 0.6 is 0 Å². The lowest BCUT2D eigenvalue weighted by molar-refractivity contribution is -0.887. The van der Waals surface area contributed by atoms with Gasteiger partial charge in [-0.25, -0.2) is 0 Å². The van der Waals surface area contributed by atoms with Gasteiger partial charge in [-0.1, -0.05) is 71.8 Å². The third-order valence-corrected chi connectivity index (χ3v) is 4.99. The number of quaternary nitrogens is 1. The summed E-state index contributed by atoms with van der Waals surface area (Å²) in [7, 11) is 4.40. The van der Waals surface area contributed by atoms with E-state index < -0.39 is 0 Å². The highest BCUT2D eigenvalue weighted by Gasteiger charge is 2.26. The fourth-order valence-electron chi connectivity index (χ4n) is 3.35. The Labute approximate surface area is 163 Å². The maximum absolute atomic E-state index is 11.9. The number of carbonyl (C=O) groups excluding carboxylic acids is 1. The molecule has 1 amide bonds. The van der Waals surface area contributed by atoms with E-state index in [0.29, 0.717) is 11.6 Å². The number of carbonyl (C=O) groups is 1. The van der Waals surface area contributed by atoms with Crippen LogP contribution in [0.3, 0.4) is 0 Å². The third-order valence-electron chi connectivity index (χ3n) is 4.99. The van der Waals surface area contributed by atoms with Gasteiger partial charge < -0.3 is 22.6 Å². The molecule has 25 heavy (non-hydrogen) atoms. The lowest BCUT2D eigenvalue weighted by Crippen LogP contribution is -3.12. The van der Waals surface area contributed by atoms with E-state index in [1.165, 1.54) is 69.1 Å². The standard InChI is InChI=1S/C21H42N2O.ClH/c1-7-9-10-11-12-13-14-15-16-17-20(23(5)6)19(8-2)22-21(24)18(3)4;/h19-20H,3,7-17H2,1-2,4-6H3,(H,22,24);1H. The van der Waals surface area contributed by atoms with Gasteiger partial charge in [0.1, 0.15) is 6.04 Å². The van der Waals surface area contributed by atoms with E-state index in [1.807, 2.05) is 0 Å². The van der Waals surface area contributed by atoms with Gasteiger partial charge in [0, 0.05) is 12.0 Å². The van der Waals surface area contributed by atoms with Gasteiger partial charge in [0.15, 0.2) is 0 Å². The van der Waals surface area contributed by atoms with Crippen LogP contribution in [0.4, 0.5) is 0 Å². The molecule has 0 fully saturated rings. The number of nitrogens with one attached hydrogen (secondary N) is 2. The quantitative estimate of drug-likeness (QED) is 0.324. The molecule has 0 saturated carbocycles. The zero-order valence-corrected chi connectivity index (χ0v) is 18.2. The molecule has 2 unspecified atom stereocenters. The Morgan fingerprint density at radius 2 is 1.44 bits per heavy atom. The molecular formula is C21H43ClN2O. The summed E-state index contributed by atoms with van der Waals surface area (Å²) in [6, 6.07) is 0.732. The molecule has 0 aromatic rings. The zero-order valence-electron chi connectivity index (χ0n) is 17.4. The first-order valence-electron chi connectivity index (χ1n) is 10.2. The first kappa shape index (κ1) is 26.7. The number of rotatable bonds is 15. The number of unbranched alkanes of at least 4 members (excludes halogenated alkanes) is 8. The molecule has 0 aliphatic heterocycles. The summed E-state index contributed by atoms with van der Waals surface area (Å²) < 4.78 is 0. The van der Waals surface area contributed by atoms with Gasteiger partial charge in [0.05, 0.1) is 20.1 Å². The molecule has 2 N–H and O–H groups in total. The van der Waals surface area contributed by atoms with E-state index in [0.717, 1.165) is 6.42 Å². The number of hydrogen-bond acceptors (Lipinski definition) is 1. The van der Waals surface area contributed by atoms with Crippen molar-refractivity contribution in [3.63, 3.8) is 0 Å². The second kappa shape index (κ2) is 16.9.